The van der Waals surface area contributed by atoms with Crippen LogP contribution < -0.4 is 0 Å². The standard InChI is InChI=1S/C12H10F3NO/c13-12(14,15)9-3-1-2-8(4-9)11(7-16)5-10(11)6-17/h1-4,10,17H,5-6H2. The van der Waals surface area contributed by atoms with E-state index in [4.69, 9.17) is 10.4 Å². The maximum atomic E-state index is 12.5. The molecule has 0 amide bonds. The fourth-order valence-corrected chi connectivity index (χ4v) is 2.08. The van der Waals surface area contributed by atoms with Crippen LogP contribution in [0.15, 0.2) is 24.3 Å². The number of alkyl halides is 3. The first kappa shape index (κ1) is 11.9. The van der Waals surface area contributed by atoms with Crippen molar-refractivity contribution in [2.45, 2.75) is 18.0 Å². The van der Waals surface area contributed by atoms with E-state index in [1.165, 1.54) is 12.1 Å². The van der Waals surface area contributed by atoms with E-state index in [-0.39, 0.29) is 12.5 Å². The lowest BCUT2D eigenvalue weighted by Gasteiger charge is -2.12. The predicted molar refractivity (Wildman–Crippen MR) is 53.9 cm³/mol. The molecule has 0 spiro atoms. The van der Waals surface area contributed by atoms with Gasteiger partial charge < -0.3 is 5.11 Å². The van der Waals surface area contributed by atoms with Gasteiger partial charge in [0.2, 0.25) is 0 Å². The number of rotatable bonds is 2. The molecule has 0 radical (unpaired) electrons. The van der Waals surface area contributed by atoms with Gasteiger partial charge in [0.15, 0.2) is 0 Å². The van der Waals surface area contributed by atoms with Crippen LogP contribution in [0.5, 0.6) is 0 Å². The molecule has 1 aromatic rings. The molecule has 0 aliphatic heterocycles. The van der Waals surface area contributed by atoms with E-state index in [1.54, 1.807) is 0 Å². The fourth-order valence-electron chi connectivity index (χ4n) is 2.08. The smallest absolute Gasteiger partial charge is 0.396 e. The summed E-state index contributed by atoms with van der Waals surface area (Å²) in [6.07, 6.45) is -3.99. The van der Waals surface area contributed by atoms with Crippen molar-refractivity contribution in [1.82, 2.24) is 0 Å². The summed E-state index contributed by atoms with van der Waals surface area (Å²) >= 11 is 0. The van der Waals surface area contributed by atoms with Crippen molar-refractivity contribution < 1.29 is 18.3 Å². The van der Waals surface area contributed by atoms with Gasteiger partial charge >= 0.3 is 6.18 Å². The average molecular weight is 241 g/mol. The molecule has 1 N–H and O–H groups in total. The Bertz CT molecular complexity index is 477. The summed E-state index contributed by atoms with van der Waals surface area (Å²) in [5.74, 6) is -0.254. The zero-order valence-corrected chi connectivity index (χ0v) is 8.83. The molecule has 1 saturated carbocycles. The predicted octanol–water partition coefficient (Wildman–Crippen LogP) is 2.48. The third kappa shape index (κ3) is 1.89. The number of aliphatic hydroxyl groups excluding tert-OH is 1. The van der Waals surface area contributed by atoms with Crippen molar-refractivity contribution in [3.05, 3.63) is 35.4 Å². The Morgan fingerprint density at radius 2 is 2.18 bits per heavy atom. The van der Waals surface area contributed by atoms with Gasteiger partial charge in [0.25, 0.3) is 0 Å². The normalized spacial score (nSPS) is 27.6. The number of benzene rings is 1. The van der Waals surface area contributed by atoms with E-state index in [9.17, 15) is 13.2 Å². The van der Waals surface area contributed by atoms with Crippen LogP contribution in [0, 0.1) is 17.2 Å². The van der Waals surface area contributed by atoms with E-state index in [2.05, 4.69) is 0 Å². The van der Waals surface area contributed by atoms with Crippen LogP contribution in [0.25, 0.3) is 0 Å². The van der Waals surface area contributed by atoms with Gasteiger partial charge in [-0.3, -0.25) is 0 Å². The van der Waals surface area contributed by atoms with Gasteiger partial charge in [0, 0.05) is 12.5 Å². The lowest BCUT2D eigenvalue weighted by Crippen LogP contribution is -2.12. The molecule has 1 fully saturated rings. The van der Waals surface area contributed by atoms with Crippen LogP contribution >= 0.6 is 0 Å². The number of halogens is 3. The first-order chi connectivity index (χ1) is 7.94. The van der Waals surface area contributed by atoms with Gasteiger partial charge in [-0.2, -0.15) is 18.4 Å². The molecule has 2 rings (SSSR count). The molecule has 0 bridgehead atoms. The average Bonchev–Trinajstić information content (AvgIpc) is 3.03. The highest BCUT2D eigenvalue weighted by Crippen LogP contribution is 2.54. The van der Waals surface area contributed by atoms with Crippen molar-refractivity contribution in [1.29, 1.82) is 5.26 Å². The molecule has 1 aromatic carbocycles. The van der Waals surface area contributed by atoms with Crippen LogP contribution in [0.2, 0.25) is 0 Å². The third-order valence-corrected chi connectivity index (χ3v) is 3.23. The van der Waals surface area contributed by atoms with Gasteiger partial charge in [-0.05, 0) is 18.1 Å². The Morgan fingerprint density at radius 1 is 1.47 bits per heavy atom. The molecule has 2 unspecified atom stereocenters. The van der Waals surface area contributed by atoms with E-state index >= 15 is 0 Å². The van der Waals surface area contributed by atoms with Gasteiger partial charge in [-0.15, -0.1) is 0 Å². The Morgan fingerprint density at radius 3 is 2.65 bits per heavy atom. The highest BCUT2D eigenvalue weighted by atomic mass is 19.4. The van der Waals surface area contributed by atoms with Crippen LogP contribution in [-0.2, 0) is 11.6 Å². The molecular formula is C12H10F3NO. The molecule has 2 atom stereocenters. The summed E-state index contributed by atoms with van der Waals surface area (Å²) in [5, 5.41) is 18.1. The minimum Gasteiger partial charge on any atom is -0.396 e. The zero-order valence-electron chi connectivity index (χ0n) is 8.83. The van der Waals surface area contributed by atoms with Crippen LogP contribution in [0.3, 0.4) is 0 Å². The van der Waals surface area contributed by atoms with Crippen molar-refractivity contribution >= 4 is 0 Å². The topological polar surface area (TPSA) is 44.0 Å². The van der Waals surface area contributed by atoms with E-state index < -0.39 is 17.2 Å². The molecule has 17 heavy (non-hydrogen) atoms. The van der Waals surface area contributed by atoms with Gasteiger partial charge in [0.1, 0.15) is 0 Å². The third-order valence-electron chi connectivity index (χ3n) is 3.23. The molecule has 0 saturated heterocycles. The molecule has 5 heteroatoms. The second-order valence-corrected chi connectivity index (χ2v) is 4.25. The second kappa shape index (κ2) is 3.74. The van der Waals surface area contributed by atoms with Crippen molar-refractivity contribution in [2.24, 2.45) is 5.92 Å². The summed E-state index contributed by atoms with van der Waals surface area (Å²) in [7, 11) is 0. The first-order valence-corrected chi connectivity index (χ1v) is 5.14. The number of hydrogen-bond acceptors (Lipinski definition) is 2. The monoisotopic (exact) mass is 241 g/mol. The van der Waals surface area contributed by atoms with Crippen molar-refractivity contribution in [2.75, 3.05) is 6.61 Å². The Kier molecular flexibility index (Phi) is 2.63. The van der Waals surface area contributed by atoms with Crippen LogP contribution in [-0.4, -0.2) is 11.7 Å². The number of aliphatic hydroxyl groups is 1. The molecule has 0 aromatic heterocycles. The summed E-state index contributed by atoms with van der Waals surface area (Å²) in [4.78, 5) is 0. The Hall–Kier alpha value is -1.54. The summed E-state index contributed by atoms with van der Waals surface area (Å²) < 4.78 is 37.6. The highest BCUT2D eigenvalue weighted by molar-refractivity contribution is 5.43. The highest BCUT2D eigenvalue weighted by Gasteiger charge is 2.56. The van der Waals surface area contributed by atoms with Crippen LogP contribution in [0.1, 0.15) is 17.5 Å². The van der Waals surface area contributed by atoms with E-state index in [0.717, 1.165) is 12.1 Å². The minimum atomic E-state index is -4.41. The van der Waals surface area contributed by atoms with E-state index in [0.29, 0.717) is 12.0 Å². The summed E-state index contributed by atoms with van der Waals surface area (Å²) in [5.41, 5.74) is -1.35. The lowest BCUT2D eigenvalue weighted by atomic mass is 9.93. The van der Waals surface area contributed by atoms with Crippen LogP contribution in [0.4, 0.5) is 13.2 Å². The maximum Gasteiger partial charge on any atom is 0.416 e. The first-order valence-electron chi connectivity index (χ1n) is 5.14. The number of nitriles is 1. The number of nitrogens with zero attached hydrogens (tertiary/aromatic N) is 1. The summed E-state index contributed by atoms with van der Waals surface area (Å²) in [6, 6.07) is 6.80. The molecule has 90 valence electrons. The van der Waals surface area contributed by atoms with Crippen molar-refractivity contribution in [3.8, 4) is 6.07 Å². The van der Waals surface area contributed by atoms with Gasteiger partial charge in [-0.25, -0.2) is 0 Å². The molecular weight excluding hydrogens is 231 g/mol. The number of hydrogen-bond donors (Lipinski definition) is 1. The largest absolute Gasteiger partial charge is 0.416 e. The van der Waals surface area contributed by atoms with Crippen molar-refractivity contribution in [3.63, 3.8) is 0 Å². The second-order valence-electron chi connectivity index (χ2n) is 4.25. The maximum absolute atomic E-state index is 12.5. The molecule has 1 aliphatic carbocycles. The SMILES string of the molecule is N#CC1(c2cccc(C(F)(F)F)c2)CC1CO. The van der Waals surface area contributed by atoms with Gasteiger partial charge in [-0.1, -0.05) is 18.2 Å². The fraction of sp³-hybridized carbons (Fsp3) is 0.417. The minimum absolute atomic E-state index is 0.177. The Labute approximate surface area is 96.3 Å². The van der Waals surface area contributed by atoms with Gasteiger partial charge in [0.05, 0.1) is 17.0 Å². The molecule has 1 aliphatic rings. The summed E-state index contributed by atoms with van der Waals surface area (Å²) in [6.45, 7) is -0.177. The molecule has 2 nitrogen and oxygen atoms in total. The van der Waals surface area contributed by atoms with E-state index in [1.807, 2.05) is 6.07 Å². The zero-order chi connectivity index (χ0) is 12.7. The molecule has 0 heterocycles. The lowest BCUT2D eigenvalue weighted by molar-refractivity contribution is -0.137. The Balaban J connectivity index is 2.39. The quantitative estimate of drug-likeness (QED) is 0.864.